The third-order valence-electron chi connectivity index (χ3n) is 5.61. The van der Waals surface area contributed by atoms with Crippen molar-refractivity contribution in [2.75, 3.05) is 33.3 Å². The molecular weight excluding hydrogens is 388 g/mol. The maximum Gasteiger partial charge on any atom is 0.253 e. The van der Waals surface area contributed by atoms with Crippen molar-refractivity contribution in [2.24, 2.45) is 5.92 Å². The Bertz CT molecular complexity index is 865. The Labute approximate surface area is 177 Å². The normalized spacial score (nSPS) is 18.6. The Hall–Kier alpha value is -2.53. The van der Waals surface area contributed by atoms with Crippen LogP contribution in [0.15, 0.2) is 48.5 Å². The molecule has 2 unspecified atom stereocenters. The number of carbonyl (C=O) groups is 2. The van der Waals surface area contributed by atoms with Gasteiger partial charge in [-0.1, -0.05) is 23.7 Å². The summed E-state index contributed by atoms with van der Waals surface area (Å²) in [6, 6.07) is 14.7. The summed E-state index contributed by atoms with van der Waals surface area (Å²) in [4.78, 5) is 29.9. The van der Waals surface area contributed by atoms with Crippen molar-refractivity contribution >= 4 is 23.4 Å². The third kappa shape index (κ3) is 4.56. The number of ether oxygens (including phenoxy) is 1. The van der Waals surface area contributed by atoms with Crippen LogP contribution in [0.3, 0.4) is 0 Å². The molecule has 6 heteroatoms. The van der Waals surface area contributed by atoms with Gasteiger partial charge in [0.25, 0.3) is 5.91 Å². The fourth-order valence-corrected chi connectivity index (χ4v) is 4.10. The van der Waals surface area contributed by atoms with Crippen molar-refractivity contribution in [2.45, 2.75) is 19.8 Å². The van der Waals surface area contributed by atoms with E-state index in [4.69, 9.17) is 16.3 Å². The molecule has 1 aliphatic rings. The zero-order valence-electron chi connectivity index (χ0n) is 17.1. The molecule has 2 aromatic carbocycles. The van der Waals surface area contributed by atoms with Crippen LogP contribution in [0.2, 0.25) is 5.02 Å². The lowest BCUT2D eigenvalue weighted by atomic mass is 9.88. The average molecular weight is 415 g/mol. The molecule has 5 nitrogen and oxygen atoms in total. The molecule has 0 bridgehead atoms. The van der Waals surface area contributed by atoms with Gasteiger partial charge in [-0.3, -0.25) is 9.59 Å². The van der Waals surface area contributed by atoms with Crippen molar-refractivity contribution in [3.8, 4) is 5.75 Å². The maximum absolute atomic E-state index is 13.2. The second-order valence-corrected chi connectivity index (χ2v) is 7.65. The molecule has 0 aliphatic carbocycles. The molecule has 29 heavy (non-hydrogen) atoms. The minimum absolute atomic E-state index is 0.0746. The zero-order valence-corrected chi connectivity index (χ0v) is 17.9. The van der Waals surface area contributed by atoms with Gasteiger partial charge in [-0.25, -0.2) is 0 Å². The minimum atomic E-state index is -0.279. The molecule has 2 atom stereocenters. The zero-order chi connectivity index (χ0) is 21.0. The molecule has 0 radical (unpaired) electrons. The first kappa shape index (κ1) is 21.2. The SMILES string of the molecule is CCN(CC)C(=O)C1CN(C(=O)c2ccc(Cl)cc2)CC1c1cccc(OC)c1. The van der Waals surface area contributed by atoms with Crippen LogP contribution < -0.4 is 4.74 Å². The lowest BCUT2D eigenvalue weighted by molar-refractivity contribution is -0.135. The molecular formula is C23H27ClN2O3. The highest BCUT2D eigenvalue weighted by atomic mass is 35.5. The first-order valence-electron chi connectivity index (χ1n) is 9.96. The molecule has 2 aromatic rings. The maximum atomic E-state index is 13.2. The number of methoxy groups -OCH3 is 1. The summed E-state index contributed by atoms with van der Waals surface area (Å²) >= 11 is 5.95. The van der Waals surface area contributed by atoms with Crippen molar-refractivity contribution in [3.05, 3.63) is 64.7 Å². The van der Waals surface area contributed by atoms with E-state index in [0.717, 1.165) is 11.3 Å². The van der Waals surface area contributed by atoms with Crippen LogP contribution >= 0.6 is 11.6 Å². The van der Waals surface area contributed by atoms with Crippen LogP contribution in [0.25, 0.3) is 0 Å². The number of carbonyl (C=O) groups excluding carboxylic acids is 2. The van der Waals surface area contributed by atoms with E-state index in [1.807, 2.05) is 43.0 Å². The Morgan fingerprint density at radius 1 is 1.10 bits per heavy atom. The predicted octanol–water partition coefficient (Wildman–Crippen LogP) is 4.07. The van der Waals surface area contributed by atoms with E-state index in [0.29, 0.717) is 36.8 Å². The number of benzene rings is 2. The lowest BCUT2D eigenvalue weighted by Gasteiger charge is -2.26. The van der Waals surface area contributed by atoms with Gasteiger partial charge in [0.05, 0.1) is 13.0 Å². The van der Waals surface area contributed by atoms with Gasteiger partial charge in [-0.15, -0.1) is 0 Å². The standard InChI is InChI=1S/C23H27ClN2O3/c1-4-25(5-2)23(28)21-15-26(22(27)16-9-11-18(24)12-10-16)14-20(21)17-7-6-8-19(13-17)29-3/h6-13,20-21H,4-5,14-15H2,1-3H3. The molecule has 0 N–H and O–H groups in total. The second-order valence-electron chi connectivity index (χ2n) is 7.22. The largest absolute Gasteiger partial charge is 0.497 e. The van der Waals surface area contributed by atoms with Gasteiger partial charge >= 0.3 is 0 Å². The summed E-state index contributed by atoms with van der Waals surface area (Å²) in [5.74, 6) is 0.408. The van der Waals surface area contributed by atoms with Gasteiger partial charge in [0.1, 0.15) is 5.75 Å². The molecule has 0 spiro atoms. The molecule has 3 rings (SSSR count). The minimum Gasteiger partial charge on any atom is -0.497 e. The lowest BCUT2D eigenvalue weighted by Crippen LogP contribution is -2.39. The van der Waals surface area contributed by atoms with Crippen LogP contribution in [0.1, 0.15) is 35.7 Å². The highest BCUT2D eigenvalue weighted by Gasteiger charge is 2.41. The van der Waals surface area contributed by atoms with E-state index < -0.39 is 0 Å². The molecule has 154 valence electrons. The van der Waals surface area contributed by atoms with Crippen LogP contribution in [-0.4, -0.2) is 54.9 Å². The first-order valence-corrected chi connectivity index (χ1v) is 10.3. The van der Waals surface area contributed by atoms with Crippen molar-refractivity contribution in [1.82, 2.24) is 9.80 Å². The molecule has 0 aromatic heterocycles. The molecule has 0 saturated carbocycles. The molecule has 1 saturated heterocycles. The number of nitrogens with zero attached hydrogens (tertiary/aromatic N) is 2. The Morgan fingerprint density at radius 3 is 2.41 bits per heavy atom. The second kappa shape index (κ2) is 9.31. The number of rotatable bonds is 6. The van der Waals surface area contributed by atoms with E-state index >= 15 is 0 Å². The van der Waals surface area contributed by atoms with Gasteiger partial charge in [0.15, 0.2) is 0 Å². The predicted molar refractivity (Wildman–Crippen MR) is 115 cm³/mol. The summed E-state index contributed by atoms with van der Waals surface area (Å²) in [6.07, 6.45) is 0. The fraction of sp³-hybridized carbons (Fsp3) is 0.391. The van der Waals surface area contributed by atoms with Gasteiger partial charge in [0.2, 0.25) is 5.91 Å². The topological polar surface area (TPSA) is 49.9 Å². The first-order chi connectivity index (χ1) is 14.0. The van der Waals surface area contributed by atoms with E-state index in [-0.39, 0.29) is 23.7 Å². The molecule has 2 amide bonds. The van der Waals surface area contributed by atoms with E-state index in [1.54, 1.807) is 36.3 Å². The fourth-order valence-electron chi connectivity index (χ4n) is 3.97. The Morgan fingerprint density at radius 2 is 1.79 bits per heavy atom. The molecule has 1 heterocycles. The average Bonchev–Trinajstić information content (AvgIpc) is 3.20. The van der Waals surface area contributed by atoms with Crippen LogP contribution in [0.5, 0.6) is 5.75 Å². The van der Waals surface area contributed by atoms with E-state index in [2.05, 4.69) is 0 Å². The van der Waals surface area contributed by atoms with Gasteiger partial charge in [-0.05, 0) is 55.8 Å². The number of hydrogen-bond donors (Lipinski definition) is 0. The van der Waals surface area contributed by atoms with Crippen molar-refractivity contribution in [1.29, 1.82) is 0 Å². The number of likely N-dealkylation sites (tertiary alicyclic amines) is 1. The highest BCUT2D eigenvalue weighted by Crippen LogP contribution is 2.36. The smallest absolute Gasteiger partial charge is 0.253 e. The van der Waals surface area contributed by atoms with Crippen LogP contribution in [-0.2, 0) is 4.79 Å². The quantitative estimate of drug-likeness (QED) is 0.715. The van der Waals surface area contributed by atoms with Gasteiger partial charge in [-0.2, -0.15) is 0 Å². The molecule has 1 aliphatic heterocycles. The monoisotopic (exact) mass is 414 g/mol. The van der Waals surface area contributed by atoms with Crippen LogP contribution in [0, 0.1) is 5.92 Å². The summed E-state index contributed by atoms with van der Waals surface area (Å²) in [5, 5.41) is 0.590. The van der Waals surface area contributed by atoms with Crippen molar-refractivity contribution < 1.29 is 14.3 Å². The van der Waals surface area contributed by atoms with E-state index in [9.17, 15) is 9.59 Å². The number of amides is 2. The Kier molecular flexibility index (Phi) is 6.80. The van der Waals surface area contributed by atoms with E-state index in [1.165, 1.54) is 0 Å². The number of hydrogen-bond acceptors (Lipinski definition) is 3. The highest BCUT2D eigenvalue weighted by molar-refractivity contribution is 6.30. The molecule has 1 fully saturated rings. The summed E-state index contributed by atoms with van der Waals surface area (Å²) < 4.78 is 5.37. The summed E-state index contributed by atoms with van der Waals surface area (Å²) in [6.45, 7) is 6.16. The summed E-state index contributed by atoms with van der Waals surface area (Å²) in [5.41, 5.74) is 1.59. The Balaban J connectivity index is 1.91. The number of halogens is 1. The van der Waals surface area contributed by atoms with Gasteiger partial charge in [0, 0.05) is 42.7 Å². The van der Waals surface area contributed by atoms with Crippen molar-refractivity contribution in [3.63, 3.8) is 0 Å². The van der Waals surface area contributed by atoms with Crippen LogP contribution in [0.4, 0.5) is 0 Å². The van der Waals surface area contributed by atoms with Gasteiger partial charge < -0.3 is 14.5 Å². The third-order valence-corrected chi connectivity index (χ3v) is 5.86. The summed E-state index contributed by atoms with van der Waals surface area (Å²) in [7, 11) is 1.63.